The Kier molecular flexibility index (Phi) is 2.39. The Morgan fingerprint density at radius 1 is 1.27 bits per heavy atom. The van der Waals surface area contributed by atoms with Crippen LogP contribution in [0.4, 0.5) is 5.69 Å². The number of aliphatic imine (C=N–C) groups is 1. The molecule has 1 heterocycles. The highest BCUT2D eigenvalue weighted by atomic mass is 16.1. The third kappa shape index (κ3) is 1.82. The van der Waals surface area contributed by atoms with Gasteiger partial charge in [-0.25, -0.2) is 4.79 Å². The number of carbonyl (C=O) groups excluding carboxylic acids is 1. The second-order valence-electron chi connectivity index (χ2n) is 3.01. The molecule has 2 rings (SSSR count). The highest BCUT2D eigenvalue weighted by Gasteiger charge is 2.05. The number of aromatic amines is 1. The summed E-state index contributed by atoms with van der Waals surface area (Å²) < 4.78 is 0. The molecular formula is C10H8N4O. The molecule has 0 amide bonds. The topological polar surface area (TPSA) is 71.0 Å². The predicted molar refractivity (Wildman–Crippen MR) is 54.3 cm³/mol. The van der Waals surface area contributed by atoms with Gasteiger partial charge >= 0.3 is 0 Å². The van der Waals surface area contributed by atoms with Crippen LogP contribution in [0.1, 0.15) is 5.69 Å². The van der Waals surface area contributed by atoms with Crippen molar-refractivity contribution in [1.82, 2.24) is 15.4 Å². The molecular weight excluding hydrogens is 192 g/mol. The number of aryl methyl sites for hydroxylation is 1. The van der Waals surface area contributed by atoms with E-state index in [1.54, 1.807) is 12.1 Å². The van der Waals surface area contributed by atoms with Crippen LogP contribution in [0.25, 0.3) is 11.3 Å². The fraction of sp³-hybridized carbons (Fsp3) is 0.100. The molecule has 5 heteroatoms. The predicted octanol–water partition coefficient (Wildman–Crippen LogP) is 1.75. The average Bonchev–Trinajstić information content (AvgIpc) is 2.66. The summed E-state index contributed by atoms with van der Waals surface area (Å²) in [7, 11) is 0. The van der Waals surface area contributed by atoms with Gasteiger partial charge in [0.05, 0.1) is 11.4 Å². The molecule has 5 nitrogen and oxygen atoms in total. The lowest BCUT2D eigenvalue weighted by molar-refractivity contribution is 0.565. The average molecular weight is 200 g/mol. The SMILES string of the molecule is Cc1n[nH]nc1-c1ccc(N=C=O)cc1. The third-order valence-corrected chi connectivity index (χ3v) is 2.04. The monoisotopic (exact) mass is 200 g/mol. The Bertz CT molecular complexity index is 508. The summed E-state index contributed by atoms with van der Waals surface area (Å²) in [5, 5.41) is 10.5. The highest BCUT2D eigenvalue weighted by Crippen LogP contribution is 2.21. The number of hydrogen-bond donors (Lipinski definition) is 1. The van der Waals surface area contributed by atoms with Crippen LogP contribution >= 0.6 is 0 Å². The van der Waals surface area contributed by atoms with Crippen molar-refractivity contribution in [2.45, 2.75) is 6.92 Å². The lowest BCUT2D eigenvalue weighted by Crippen LogP contribution is -1.80. The molecule has 0 unspecified atom stereocenters. The van der Waals surface area contributed by atoms with Gasteiger partial charge in [0.15, 0.2) is 0 Å². The first kappa shape index (κ1) is 9.30. The second kappa shape index (κ2) is 3.86. The van der Waals surface area contributed by atoms with E-state index in [2.05, 4.69) is 20.4 Å². The van der Waals surface area contributed by atoms with E-state index in [9.17, 15) is 4.79 Å². The summed E-state index contributed by atoms with van der Waals surface area (Å²) in [6, 6.07) is 7.13. The van der Waals surface area contributed by atoms with Crippen molar-refractivity contribution in [3.8, 4) is 11.3 Å². The number of H-pyrrole nitrogens is 1. The van der Waals surface area contributed by atoms with Gasteiger partial charge in [0, 0.05) is 5.56 Å². The molecule has 0 saturated heterocycles. The van der Waals surface area contributed by atoms with Gasteiger partial charge in [-0.05, 0) is 19.1 Å². The smallest absolute Gasteiger partial charge is 0.211 e. The molecule has 0 bridgehead atoms. The number of nitrogens with one attached hydrogen (secondary N) is 1. The summed E-state index contributed by atoms with van der Waals surface area (Å²) in [5.74, 6) is 0. The Balaban J connectivity index is 2.40. The summed E-state index contributed by atoms with van der Waals surface area (Å²) in [5.41, 5.74) is 3.15. The lowest BCUT2D eigenvalue weighted by atomic mass is 10.1. The first-order valence-electron chi connectivity index (χ1n) is 4.37. The van der Waals surface area contributed by atoms with E-state index in [0.717, 1.165) is 17.0 Å². The fourth-order valence-corrected chi connectivity index (χ4v) is 1.30. The van der Waals surface area contributed by atoms with Gasteiger partial charge in [0.25, 0.3) is 0 Å². The van der Waals surface area contributed by atoms with Crippen LogP contribution in [0.3, 0.4) is 0 Å². The zero-order valence-corrected chi connectivity index (χ0v) is 8.06. The van der Waals surface area contributed by atoms with E-state index < -0.39 is 0 Å². The first-order chi connectivity index (χ1) is 7.31. The van der Waals surface area contributed by atoms with Crippen LogP contribution in [-0.4, -0.2) is 21.5 Å². The van der Waals surface area contributed by atoms with Crippen LogP contribution < -0.4 is 0 Å². The van der Waals surface area contributed by atoms with Gasteiger partial charge in [0.2, 0.25) is 6.08 Å². The van der Waals surface area contributed by atoms with E-state index in [4.69, 9.17) is 0 Å². The van der Waals surface area contributed by atoms with Crippen LogP contribution in [-0.2, 0) is 4.79 Å². The van der Waals surface area contributed by atoms with E-state index in [1.807, 2.05) is 19.1 Å². The molecule has 15 heavy (non-hydrogen) atoms. The van der Waals surface area contributed by atoms with E-state index in [-0.39, 0.29) is 0 Å². The van der Waals surface area contributed by atoms with Gasteiger partial charge in [-0.2, -0.15) is 20.4 Å². The molecule has 1 aromatic heterocycles. The normalized spacial score (nSPS) is 9.67. The minimum Gasteiger partial charge on any atom is -0.211 e. The van der Waals surface area contributed by atoms with Gasteiger partial charge < -0.3 is 0 Å². The Labute approximate surface area is 85.9 Å². The van der Waals surface area contributed by atoms with E-state index >= 15 is 0 Å². The van der Waals surface area contributed by atoms with E-state index in [0.29, 0.717) is 5.69 Å². The third-order valence-electron chi connectivity index (χ3n) is 2.04. The summed E-state index contributed by atoms with van der Waals surface area (Å²) in [4.78, 5) is 13.5. The molecule has 1 aromatic carbocycles. The number of nitrogens with zero attached hydrogens (tertiary/aromatic N) is 3. The standard InChI is InChI=1S/C10H8N4O/c1-7-10(13-14-12-7)8-2-4-9(5-3-8)11-6-15/h2-5H,1H3,(H,12,13,14). The van der Waals surface area contributed by atoms with Crippen LogP contribution in [0.2, 0.25) is 0 Å². The molecule has 0 radical (unpaired) electrons. The minimum absolute atomic E-state index is 0.579. The molecule has 0 atom stereocenters. The molecule has 0 aliphatic rings. The van der Waals surface area contributed by atoms with Crippen molar-refractivity contribution in [3.63, 3.8) is 0 Å². The van der Waals surface area contributed by atoms with E-state index in [1.165, 1.54) is 6.08 Å². The van der Waals surface area contributed by atoms with Gasteiger partial charge in [-0.15, -0.1) is 0 Å². The molecule has 74 valence electrons. The van der Waals surface area contributed by atoms with Crippen molar-refractivity contribution in [2.24, 2.45) is 4.99 Å². The summed E-state index contributed by atoms with van der Waals surface area (Å²) in [6.07, 6.45) is 1.49. The maximum atomic E-state index is 10.0. The van der Waals surface area contributed by atoms with Crippen molar-refractivity contribution in [3.05, 3.63) is 30.0 Å². The van der Waals surface area contributed by atoms with Gasteiger partial charge in [-0.1, -0.05) is 12.1 Å². The molecule has 0 aliphatic heterocycles. The summed E-state index contributed by atoms with van der Waals surface area (Å²) in [6.45, 7) is 1.87. The lowest BCUT2D eigenvalue weighted by Gasteiger charge is -1.96. The Hall–Kier alpha value is -2.26. The molecule has 0 spiro atoms. The number of benzene rings is 1. The highest BCUT2D eigenvalue weighted by molar-refractivity contribution is 5.63. The maximum absolute atomic E-state index is 10.0. The van der Waals surface area contributed by atoms with Crippen molar-refractivity contribution >= 4 is 11.8 Å². The molecule has 0 saturated carbocycles. The number of rotatable bonds is 2. The first-order valence-corrected chi connectivity index (χ1v) is 4.37. The minimum atomic E-state index is 0.579. The zero-order valence-electron chi connectivity index (χ0n) is 8.06. The van der Waals surface area contributed by atoms with Gasteiger partial charge in [-0.3, -0.25) is 0 Å². The summed E-state index contributed by atoms with van der Waals surface area (Å²) >= 11 is 0. The number of isocyanates is 1. The maximum Gasteiger partial charge on any atom is 0.240 e. The Morgan fingerprint density at radius 3 is 2.53 bits per heavy atom. The number of aromatic nitrogens is 3. The number of hydrogen-bond acceptors (Lipinski definition) is 4. The molecule has 2 aromatic rings. The Morgan fingerprint density at radius 2 is 2.00 bits per heavy atom. The zero-order chi connectivity index (χ0) is 10.7. The van der Waals surface area contributed by atoms with Crippen molar-refractivity contribution in [2.75, 3.05) is 0 Å². The largest absolute Gasteiger partial charge is 0.240 e. The molecule has 1 N–H and O–H groups in total. The van der Waals surface area contributed by atoms with Crippen molar-refractivity contribution in [1.29, 1.82) is 0 Å². The second-order valence-corrected chi connectivity index (χ2v) is 3.01. The quantitative estimate of drug-likeness (QED) is 0.593. The molecule has 0 aliphatic carbocycles. The van der Waals surface area contributed by atoms with Crippen LogP contribution in [0.5, 0.6) is 0 Å². The van der Waals surface area contributed by atoms with Crippen molar-refractivity contribution < 1.29 is 4.79 Å². The van der Waals surface area contributed by atoms with Gasteiger partial charge in [0.1, 0.15) is 5.69 Å². The fourth-order valence-electron chi connectivity index (χ4n) is 1.30. The van der Waals surface area contributed by atoms with Crippen LogP contribution in [0.15, 0.2) is 29.3 Å². The molecule has 0 fully saturated rings. The van der Waals surface area contributed by atoms with Crippen LogP contribution in [0, 0.1) is 6.92 Å².